The Balaban J connectivity index is 2.08. The number of nitrogens with zero attached hydrogens (tertiary/aromatic N) is 1. The summed E-state index contributed by atoms with van der Waals surface area (Å²) >= 11 is 2.18. The van der Waals surface area contributed by atoms with E-state index in [1.54, 1.807) is 12.1 Å². The smallest absolute Gasteiger partial charge is 0.301 e. The summed E-state index contributed by atoms with van der Waals surface area (Å²) in [5.74, 6) is 0. The maximum Gasteiger partial charge on any atom is 0.301 e. The zero-order chi connectivity index (χ0) is 12.3. The predicted molar refractivity (Wildman–Crippen MR) is 76.1 cm³/mol. The highest BCUT2D eigenvalue weighted by Gasteiger charge is 2.23. The lowest BCUT2D eigenvalue weighted by Crippen LogP contribution is -2.48. The van der Waals surface area contributed by atoms with Crippen molar-refractivity contribution in [1.29, 1.82) is 0 Å². The zero-order valence-corrected chi connectivity index (χ0v) is 12.2. The number of anilines is 1. The fraction of sp³-hybridized carbons (Fsp3) is 0.400. The molecule has 0 unspecified atom stereocenters. The number of nitrogens with one attached hydrogen (secondary N) is 2. The van der Waals surface area contributed by atoms with E-state index < -0.39 is 10.2 Å². The van der Waals surface area contributed by atoms with Crippen LogP contribution in [0.25, 0.3) is 0 Å². The van der Waals surface area contributed by atoms with E-state index in [0.717, 1.165) is 3.57 Å². The molecule has 17 heavy (non-hydrogen) atoms. The van der Waals surface area contributed by atoms with Gasteiger partial charge in [-0.2, -0.15) is 12.7 Å². The first kappa shape index (κ1) is 13.1. The first-order valence-electron chi connectivity index (χ1n) is 5.32. The van der Waals surface area contributed by atoms with E-state index in [2.05, 4.69) is 32.6 Å². The van der Waals surface area contributed by atoms with E-state index in [-0.39, 0.29) is 0 Å². The van der Waals surface area contributed by atoms with Crippen LogP contribution in [0.3, 0.4) is 0 Å². The second-order valence-corrected chi connectivity index (χ2v) is 6.68. The molecule has 0 bridgehead atoms. The summed E-state index contributed by atoms with van der Waals surface area (Å²) < 4.78 is 29.2. The first-order chi connectivity index (χ1) is 8.08. The quantitative estimate of drug-likeness (QED) is 0.779. The van der Waals surface area contributed by atoms with Gasteiger partial charge in [-0.15, -0.1) is 0 Å². The summed E-state index contributed by atoms with van der Waals surface area (Å²) in [5.41, 5.74) is 0.601. The Hall–Kier alpha value is -0.380. The minimum Gasteiger partial charge on any atom is -0.314 e. The van der Waals surface area contributed by atoms with Gasteiger partial charge in [-0.05, 0) is 46.9 Å². The fourth-order valence-electron chi connectivity index (χ4n) is 1.62. The maximum atomic E-state index is 12.0. The highest BCUT2D eigenvalue weighted by molar-refractivity contribution is 14.1. The average molecular weight is 367 g/mol. The largest absolute Gasteiger partial charge is 0.314 e. The van der Waals surface area contributed by atoms with Gasteiger partial charge in [-0.25, -0.2) is 0 Å². The van der Waals surface area contributed by atoms with Gasteiger partial charge in [0.1, 0.15) is 0 Å². The molecule has 1 heterocycles. The first-order valence-corrected chi connectivity index (χ1v) is 7.84. The van der Waals surface area contributed by atoms with Crippen LogP contribution in [-0.2, 0) is 10.2 Å². The van der Waals surface area contributed by atoms with Gasteiger partial charge in [0.05, 0.1) is 0 Å². The average Bonchev–Trinajstić information content (AvgIpc) is 2.33. The predicted octanol–water partition coefficient (Wildman–Crippen LogP) is 0.853. The van der Waals surface area contributed by atoms with Crippen molar-refractivity contribution in [2.75, 3.05) is 30.9 Å². The summed E-state index contributed by atoms with van der Waals surface area (Å²) in [6.07, 6.45) is 0. The van der Waals surface area contributed by atoms with Crippen LogP contribution in [0.15, 0.2) is 24.3 Å². The molecular formula is C10H14IN3O2S. The molecule has 2 N–H and O–H groups in total. The van der Waals surface area contributed by atoms with Crippen molar-refractivity contribution in [1.82, 2.24) is 9.62 Å². The molecular weight excluding hydrogens is 353 g/mol. The molecule has 0 saturated carbocycles. The van der Waals surface area contributed by atoms with Crippen LogP contribution in [0.2, 0.25) is 0 Å². The topological polar surface area (TPSA) is 61.4 Å². The Morgan fingerprint density at radius 1 is 1.18 bits per heavy atom. The molecule has 7 heteroatoms. The van der Waals surface area contributed by atoms with Gasteiger partial charge in [-0.3, -0.25) is 4.72 Å². The third kappa shape index (κ3) is 3.54. The third-order valence-electron chi connectivity index (χ3n) is 2.51. The highest BCUT2D eigenvalue weighted by atomic mass is 127. The van der Waals surface area contributed by atoms with E-state index >= 15 is 0 Å². The molecule has 0 atom stereocenters. The van der Waals surface area contributed by atoms with E-state index in [9.17, 15) is 8.42 Å². The van der Waals surface area contributed by atoms with Crippen molar-refractivity contribution in [3.63, 3.8) is 0 Å². The number of piperazine rings is 1. The molecule has 0 radical (unpaired) electrons. The molecule has 1 saturated heterocycles. The molecule has 0 aromatic heterocycles. The summed E-state index contributed by atoms with van der Waals surface area (Å²) in [6, 6.07) is 7.27. The van der Waals surface area contributed by atoms with Gasteiger partial charge in [0.2, 0.25) is 0 Å². The van der Waals surface area contributed by atoms with Crippen molar-refractivity contribution >= 4 is 38.5 Å². The van der Waals surface area contributed by atoms with Gasteiger partial charge in [-0.1, -0.05) is 0 Å². The number of hydrogen-bond donors (Lipinski definition) is 2. The maximum absolute atomic E-state index is 12.0. The summed E-state index contributed by atoms with van der Waals surface area (Å²) in [7, 11) is -3.41. The second-order valence-electron chi connectivity index (χ2n) is 3.76. The van der Waals surface area contributed by atoms with Crippen LogP contribution < -0.4 is 10.0 Å². The Labute approximate surface area is 115 Å². The minimum atomic E-state index is -3.41. The standard InChI is InChI=1S/C10H14IN3O2S/c11-9-1-3-10(4-2-9)13-17(15,16)14-7-5-12-6-8-14/h1-4,12-13H,5-8H2. The monoisotopic (exact) mass is 367 g/mol. The molecule has 94 valence electrons. The molecule has 1 aromatic rings. The van der Waals surface area contributed by atoms with Crippen LogP contribution in [0.4, 0.5) is 5.69 Å². The van der Waals surface area contributed by atoms with E-state index in [1.807, 2.05) is 12.1 Å². The lowest BCUT2D eigenvalue weighted by atomic mass is 10.3. The molecule has 1 aliphatic heterocycles. The molecule has 1 aliphatic rings. The number of rotatable bonds is 3. The Morgan fingerprint density at radius 3 is 2.35 bits per heavy atom. The van der Waals surface area contributed by atoms with E-state index in [4.69, 9.17) is 0 Å². The van der Waals surface area contributed by atoms with Gasteiger partial charge in [0.25, 0.3) is 0 Å². The molecule has 2 rings (SSSR count). The van der Waals surface area contributed by atoms with Gasteiger partial charge < -0.3 is 5.32 Å². The number of benzene rings is 1. The van der Waals surface area contributed by atoms with Crippen molar-refractivity contribution in [3.8, 4) is 0 Å². The summed E-state index contributed by atoms with van der Waals surface area (Å²) in [4.78, 5) is 0. The van der Waals surface area contributed by atoms with Crippen LogP contribution in [0.1, 0.15) is 0 Å². The fourth-order valence-corrected chi connectivity index (χ4v) is 3.20. The third-order valence-corrected chi connectivity index (χ3v) is 4.76. The van der Waals surface area contributed by atoms with Crippen molar-refractivity contribution in [2.45, 2.75) is 0 Å². The molecule has 5 nitrogen and oxygen atoms in total. The van der Waals surface area contributed by atoms with Crippen LogP contribution >= 0.6 is 22.6 Å². The zero-order valence-electron chi connectivity index (χ0n) is 9.19. The minimum absolute atomic E-state index is 0.514. The molecule has 1 fully saturated rings. The highest BCUT2D eigenvalue weighted by Crippen LogP contribution is 2.14. The SMILES string of the molecule is O=S(=O)(Nc1ccc(I)cc1)N1CCNCC1. The Morgan fingerprint density at radius 2 is 1.76 bits per heavy atom. The van der Waals surface area contributed by atoms with Crippen molar-refractivity contribution in [2.24, 2.45) is 0 Å². The summed E-state index contributed by atoms with van der Waals surface area (Å²) in [5, 5.41) is 3.12. The lowest BCUT2D eigenvalue weighted by molar-refractivity contribution is 0.362. The Bertz CT molecular complexity index is 469. The lowest BCUT2D eigenvalue weighted by Gasteiger charge is -2.26. The van der Waals surface area contributed by atoms with Crippen molar-refractivity contribution < 1.29 is 8.42 Å². The van der Waals surface area contributed by atoms with E-state index in [0.29, 0.717) is 31.9 Å². The van der Waals surface area contributed by atoms with Crippen molar-refractivity contribution in [3.05, 3.63) is 27.8 Å². The molecule has 0 aliphatic carbocycles. The Kier molecular flexibility index (Phi) is 4.23. The number of halogens is 1. The number of hydrogen-bond acceptors (Lipinski definition) is 3. The molecule has 1 aromatic carbocycles. The van der Waals surface area contributed by atoms with Gasteiger partial charge in [0, 0.05) is 35.4 Å². The van der Waals surface area contributed by atoms with Crippen LogP contribution in [0, 0.1) is 3.57 Å². The molecule has 0 amide bonds. The van der Waals surface area contributed by atoms with Crippen LogP contribution in [0.5, 0.6) is 0 Å². The van der Waals surface area contributed by atoms with Gasteiger partial charge >= 0.3 is 10.2 Å². The van der Waals surface area contributed by atoms with Gasteiger partial charge in [0.15, 0.2) is 0 Å². The van der Waals surface area contributed by atoms with E-state index in [1.165, 1.54) is 4.31 Å². The van der Waals surface area contributed by atoms with Crippen LogP contribution in [-0.4, -0.2) is 38.9 Å². The summed E-state index contributed by atoms with van der Waals surface area (Å²) in [6.45, 7) is 2.43. The molecule has 0 spiro atoms. The normalized spacial score (nSPS) is 17.9. The second kappa shape index (κ2) is 5.51.